The number of nitrogens with zero attached hydrogens (tertiary/aromatic N) is 2. The first-order valence-electron chi connectivity index (χ1n) is 6.02. The molecule has 0 atom stereocenters. The zero-order valence-electron chi connectivity index (χ0n) is 11.2. The van der Waals surface area contributed by atoms with E-state index in [0.29, 0.717) is 0 Å². The number of hydrogen-bond donors (Lipinski definition) is 1. The number of aromatic carboxylic acids is 1. The lowest BCUT2D eigenvalue weighted by atomic mass is 10.1. The van der Waals surface area contributed by atoms with Gasteiger partial charge in [-0.25, -0.2) is 4.79 Å². The molecular formula is C14H14N2O4. The van der Waals surface area contributed by atoms with Crippen LogP contribution in [0.3, 0.4) is 0 Å². The summed E-state index contributed by atoms with van der Waals surface area (Å²) in [5, 5.41) is 19.9. The summed E-state index contributed by atoms with van der Waals surface area (Å²) in [6.07, 6.45) is 1.25. The van der Waals surface area contributed by atoms with Gasteiger partial charge < -0.3 is 9.67 Å². The van der Waals surface area contributed by atoms with Crippen molar-refractivity contribution in [1.29, 1.82) is 0 Å². The molecule has 1 N–H and O–H groups in total. The average molecular weight is 274 g/mol. The van der Waals surface area contributed by atoms with Crippen molar-refractivity contribution in [1.82, 2.24) is 4.57 Å². The van der Waals surface area contributed by atoms with E-state index in [1.807, 2.05) is 32.0 Å². The van der Waals surface area contributed by atoms with Crippen molar-refractivity contribution < 1.29 is 14.8 Å². The van der Waals surface area contributed by atoms with Crippen LogP contribution in [0.1, 0.15) is 27.2 Å². The van der Waals surface area contributed by atoms with Gasteiger partial charge in [0.25, 0.3) is 5.69 Å². The monoisotopic (exact) mass is 274 g/mol. The van der Waals surface area contributed by atoms with Crippen LogP contribution in [0.15, 0.2) is 30.5 Å². The minimum Gasteiger partial charge on any atom is -0.477 e. The van der Waals surface area contributed by atoms with Gasteiger partial charge in [-0.3, -0.25) is 10.1 Å². The summed E-state index contributed by atoms with van der Waals surface area (Å²) >= 11 is 0. The smallest absolute Gasteiger partial charge is 0.352 e. The highest BCUT2D eigenvalue weighted by atomic mass is 16.6. The van der Waals surface area contributed by atoms with Crippen LogP contribution in [-0.4, -0.2) is 20.6 Å². The van der Waals surface area contributed by atoms with Gasteiger partial charge >= 0.3 is 5.97 Å². The van der Waals surface area contributed by atoms with Crippen LogP contribution in [0.4, 0.5) is 5.69 Å². The minimum absolute atomic E-state index is 0.0872. The molecule has 2 rings (SSSR count). The van der Waals surface area contributed by atoms with Gasteiger partial charge in [0, 0.05) is 12.6 Å². The predicted molar refractivity (Wildman–Crippen MR) is 73.1 cm³/mol. The molecule has 0 saturated carbocycles. The standard InChI is InChI=1S/C14H14N2O4/c1-9-3-10(2)5-11(4-9)7-15-8-12(16(19)20)6-13(15)14(17)18/h3-6,8H,7H2,1-2H3,(H,17,18). The van der Waals surface area contributed by atoms with Gasteiger partial charge in [0.15, 0.2) is 0 Å². The van der Waals surface area contributed by atoms with Gasteiger partial charge in [-0.1, -0.05) is 29.3 Å². The van der Waals surface area contributed by atoms with Gasteiger partial charge in [0.05, 0.1) is 11.1 Å². The Morgan fingerprint density at radius 1 is 1.25 bits per heavy atom. The molecule has 2 aromatic rings. The Morgan fingerprint density at radius 2 is 1.85 bits per heavy atom. The second-order valence-electron chi connectivity index (χ2n) is 4.77. The van der Waals surface area contributed by atoms with Crippen molar-refractivity contribution in [2.24, 2.45) is 0 Å². The van der Waals surface area contributed by atoms with E-state index < -0.39 is 10.9 Å². The molecule has 1 aromatic carbocycles. The fourth-order valence-electron chi connectivity index (χ4n) is 2.26. The van der Waals surface area contributed by atoms with E-state index in [-0.39, 0.29) is 17.9 Å². The summed E-state index contributed by atoms with van der Waals surface area (Å²) < 4.78 is 1.38. The van der Waals surface area contributed by atoms with Crippen LogP contribution < -0.4 is 0 Å². The van der Waals surface area contributed by atoms with Crippen LogP contribution in [0.25, 0.3) is 0 Å². The van der Waals surface area contributed by atoms with E-state index in [0.717, 1.165) is 22.8 Å². The van der Waals surface area contributed by atoms with Crippen LogP contribution in [0.5, 0.6) is 0 Å². The molecule has 0 bridgehead atoms. The summed E-state index contributed by atoms with van der Waals surface area (Å²) in [6, 6.07) is 6.96. The summed E-state index contributed by atoms with van der Waals surface area (Å²) in [6.45, 7) is 4.19. The number of rotatable bonds is 4. The maximum atomic E-state index is 11.1. The highest BCUT2D eigenvalue weighted by Gasteiger charge is 2.18. The van der Waals surface area contributed by atoms with E-state index in [9.17, 15) is 14.9 Å². The number of nitro groups is 1. The zero-order chi connectivity index (χ0) is 14.9. The van der Waals surface area contributed by atoms with Crippen molar-refractivity contribution >= 4 is 11.7 Å². The van der Waals surface area contributed by atoms with Gasteiger partial charge in [0.2, 0.25) is 0 Å². The quantitative estimate of drug-likeness (QED) is 0.686. The molecule has 0 aliphatic heterocycles. The van der Waals surface area contributed by atoms with Crippen molar-refractivity contribution in [2.45, 2.75) is 20.4 Å². The zero-order valence-corrected chi connectivity index (χ0v) is 11.2. The lowest BCUT2D eigenvalue weighted by molar-refractivity contribution is -0.384. The lowest BCUT2D eigenvalue weighted by Crippen LogP contribution is -2.08. The summed E-state index contributed by atoms with van der Waals surface area (Å²) in [4.78, 5) is 21.3. The second-order valence-corrected chi connectivity index (χ2v) is 4.77. The Balaban J connectivity index is 2.41. The molecule has 0 aliphatic rings. The Morgan fingerprint density at radius 3 is 2.35 bits per heavy atom. The van der Waals surface area contributed by atoms with Crippen molar-refractivity contribution in [3.05, 3.63) is 63.0 Å². The fraction of sp³-hybridized carbons (Fsp3) is 0.214. The Hall–Kier alpha value is -2.63. The topological polar surface area (TPSA) is 85.4 Å². The van der Waals surface area contributed by atoms with Crippen molar-refractivity contribution in [3.8, 4) is 0 Å². The number of benzene rings is 1. The third kappa shape index (κ3) is 2.85. The number of carboxylic acids is 1. The highest BCUT2D eigenvalue weighted by molar-refractivity contribution is 5.87. The van der Waals surface area contributed by atoms with Crippen LogP contribution in [0, 0.1) is 24.0 Å². The summed E-state index contributed by atoms with van der Waals surface area (Å²) in [7, 11) is 0. The molecule has 20 heavy (non-hydrogen) atoms. The predicted octanol–water partition coefficient (Wildman–Crippen LogP) is 2.76. The molecule has 1 heterocycles. The maximum Gasteiger partial charge on any atom is 0.352 e. The molecular weight excluding hydrogens is 260 g/mol. The van der Waals surface area contributed by atoms with Crippen LogP contribution in [0.2, 0.25) is 0 Å². The van der Waals surface area contributed by atoms with E-state index in [1.165, 1.54) is 10.8 Å². The SMILES string of the molecule is Cc1cc(C)cc(Cn2cc([N+](=O)[O-])cc2C(=O)O)c1. The Kier molecular flexibility index (Phi) is 3.56. The third-order valence-electron chi connectivity index (χ3n) is 2.95. The van der Waals surface area contributed by atoms with Crippen molar-refractivity contribution in [2.75, 3.05) is 0 Å². The summed E-state index contributed by atoms with van der Waals surface area (Å²) in [5.74, 6) is -1.18. The van der Waals surface area contributed by atoms with Crippen LogP contribution >= 0.6 is 0 Å². The number of aromatic nitrogens is 1. The lowest BCUT2D eigenvalue weighted by Gasteiger charge is -2.08. The molecule has 104 valence electrons. The third-order valence-corrected chi connectivity index (χ3v) is 2.95. The molecule has 6 heteroatoms. The molecule has 0 aliphatic carbocycles. The largest absolute Gasteiger partial charge is 0.477 e. The first kappa shape index (κ1) is 13.8. The molecule has 0 radical (unpaired) electrons. The molecule has 6 nitrogen and oxygen atoms in total. The second kappa shape index (κ2) is 5.16. The fourth-order valence-corrected chi connectivity index (χ4v) is 2.26. The van der Waals surface area contributed by atoms with Gasteiger partial charge in [-0.2, -0.15) is 0 Å². The van der Waals surface area contributed by atoms with Crippen molar-refractivity contribution in [3.63, 3.8) is 0 Å². The normalized spacial score (nSPS) is 10.5. The first-order chi connectivity index (χ1) is 9.36. The molecule has 1 aromatic heterocycles. The maximum absolute atomic E-state index is 11.1. The molecule has 0 spiro atoms. The number of carbonyl (C=O) groups is 1. The van der Waals surface area contributed by atoms with E-state index in [1.54, 1.807) is 0 Å². The van der Waals surface area contributed by atoms with Gasteiger partial charge in [0.1, 0.15) is 5.69 Å². The Labute approximate surface area is 115 Å². The van der Waals surface area contributed by atoms with E-state index in [2.05, 4.69) is 0 Å². The Bertz CT molecular complexity index is 668. The number of carboxylic acid groups (broad SMARTS) is 1. The first-order valence-corrected chi connectivity index (χ1v) is 6.02. The molecule has 0 unspecified atom stereocenters. The summed E-state index contributed by atoms with van der Waals surface area (Å²) in [5.41, 5.74) is 2.75. The highest BCUT2D eigenvalue weighted by Crippen LogP contribution is 2.19. The molecule has 0 amide bonds. The van der Waals surface area contributed by atoms with E-state index in [4.69, 9.17) is 5.11 Å². The van der Waals surface area contributed by atoms with Gasteiger partial charge in [-0.05, 0) is 19.4 Å². The van der Waals surface area contributed by atoms with Gasteiger partial charge in [-0.15, -0.1) is 0 Å². The number of aryl methyl sites for hydroxylation is 2. The molecule has 0 fully saturated rings. The van der Waals surface area contributed by atoms with Crippen LogP contribution in [-0.2, 0) is 6.54 Å². The average Bonchev–Trinajstić information content (AvgIpc) is 2.71. The molecule has 0 saturated heterocycles. The number of hydrogen-bond acceptors (Lipinski definition) is 3. The van der Waals surface area contributed by atoms with E-state index >= 15 is 0 Å². The minimum atomic E-state index is -1.18.